The van der Waals surface area contributed by atoms with Crippen LogP contribution in [0.5, 0.6) is 0 Å². The lowest BCUT2D eigenvalue weighted by Gasteiger charge is -2.21. The van der Waals surface area contributed by atoms with Crippen molar-refractivity contribution in [1.29, 1.82) is 0 Å². The average Bonchev–Trinajstić information content (AvgIpc) is 2.44. The van der Waals surface area contributed by atoms with Crippen molar-refractivity contribution in [3.63, 3.8) is 0 Å². The lowest BCUT2D eigenvalue weighted by Crippen LogP contribution is -2.16. The van der Waals surface area contributed by atoms with Crippen LogP contribution in [-0.2, 0) is 9.47 Å². The van der Waals surface area contributed by atoms with Crippen molar-refractivity contribution in [2.45, 2.75) is 37.9 Å². The number of benzene rings is 1. The van der Waals surface area contributed by atoms with Crippen LogP contribution in [0.15, 0.2) is 30.3 Å². The van der Waals surface area contributed by atoms with Gasteiger partial charge in [0, 0.05) is 20.1 Å². The Labute approximate surface area is 115 Å². The van der Waals surface area contributed by atoms with E-state index in [1.54, 1.807) is 7.11 Å². The number of ether oxygens (including phenoxy) is 2. The van der Waals surface area contributed by atoms with Crippen molar-refractivity contribution in [3.8, 4) is 0 Å². The third-order valence-corrected chi connectivity index (χ3v) is 2.99. The average molecular weight is 268 g/mol. The molecule has 0 fully saturated rings. The van der Waals surface area contributed by atoms with Crippen molar-refractivity contribution in [2.75, 3.05) is 20.5 Å². The van der Waals surface area contributed by atoms with Gasteiger partial charge < -0.3 is 19.7 Å². The standard InChI is InChI=1S/C15H24O4/c1-18-12-19-15(13-7-3-2-4-8-13)11-14(17)9-5-6-10-16/h2-4,7-8,14-17H,5-6,9-12H2,1H3/t14-,15+/m1/s1. The van der Waals surface area contributed by atoms with Crippen molar-refractivity contribution in [1.82, 2.24) is 0 Å². The quantitative estimate of drug-likeness (QED) is 0.505. The zero-order chi connectivity index (χ0) is 13.9. The molecule has 0 amide bonds. The van der Waals surface area contributed by atoms with Gasteiger partial charge in [-0.1, -0.05) is 30.3 Å². The summed E-state index contributed by atoms with van der Waals surface area (Å²) in [4.78, 5) is 0. The highest BCUT2D eigenvalue weighted by Gasteiger charge is 2.16. The zero-order valence-corrected chi connectivity index (χ0v) is 11.5. The van der Waals surface area contributed by atoms with Crippen molar-refractivity contribution in [2.24, 2.45) is 0 Å². The molecule has 0 aromatic heterocycles. The lowest BCUT2D eigenvalue weighted by atomic mass is 10.0. The van der Waals surface area contributed by atoms with E-state index in [1.807, 2.05) is 30.3 Å². The summed E-state index contributed by atoms with van der Waals surface area (Å²) in [5.41, 5.74) is 1.04. The van der Waals surface area contributed by atoms with Gasteiger partial charge in [0.2, 0.25) is 0 Å². The molecular weight excluding hydrogens is 244 g/mol. The molecule has 1 rings (SSSR count). The van der Waals surface area contributed by atoms with E-state index in [-0.39, 0.29) is 19.5 Å². The third kappa shape index (κ3) is 6.68. The molecule has 0 aliphatic carbocycles. The van der Waals surface area contributed by atoms with Crippen molar-refractivity contribution in [3.05, 3.63) is 35.9 Å². The summed E-state index contributed by atoms with van der Waals surface area (Å²) in [6.45, 7) is 0.387. The van der Waals surface area contributed by atoms with E-state index in [1.165, 1.54) is 0 Å². The number of methoxy groups -OCH3 is 1. The Morgan fingerprint density at radius 3 is 2.53 bits per heavy atom. The summed E-state index contributed by atoms with van der Waals surface area (Å²) in [5, 5.41) is 18.7. The molecule has 1 aromatic carbocycles. The minimum Gasteiger partial charge on any atom is -0.396 e. The first-order chi connectivity index (χ1) is 9.27. The molecule has 4 nitrogen and oxygen atoms in total. The third-order valence-electron chi connectivity index (χ3n) is 2.99. The second kappa shape index (κ2) is 9.92. The normalized spacial score (nSPS) is 14.3. The lowest BCUT2D eigenvalue weighted by molar-refractivity contribution is -0.0868. The molecule has 0 saturated heterocycles. The number of aliphatic hydroxyl groups excluding tert-OH is 2. The molecule has 0 radical (unpaired) electrons. The number of rotatable bonds is 10. The second-order valence-electron chi connectivity index (χ2n) is 4.58. The Hall–Kier alpha value is -0.940. The molecular formula is C15H24O4. The number of aliphatic hydroxyl groups is 2. The highest BCUT2D eigenvalue weighted by Crippen LogP contribution is 2.24. The maximum absolute atomic E-state index is 10.0. The maximum atomic E-state index is 10.0. The molecule has 0 spiro atoms. The van der Waals surface area contributed by atoms with Crippen molar-refractivity contribution < 1.29 is 19.7 Å². The van der Waals surface area contributed by atoms with E-state index >= 15 is 0 Å². The van der Waals surface area contributed by atoms with Gasteiger partial charge in [-0.2, -0.15) is 0 Å². The summed E-state index contributed by atoms with van der Waals surface area (Å²) in [7, 11) is 1.58. The van der Waals surface area contributed by atoms with Gasteiger partial charge in [-0.05, 0) is 24.8 Å². The first kappa shape index (κ1) is 16.1. The van der Waals surface area contributed by atoms with Gasteiger partial charge in [0.1, 0.15) is 6.79 Å². The Morgan fingerprint density at radius 1 is 1.16 bits per heavy atom. The van der Waals surface area contributed by atoms with Crippen LogP contribution in [0.25, 0.3) is 0 Å². The predicted molar refractivity (Wildman–Crippen MR) is 73.7 cm³/mol. The van der Waals surface area contributed by atoms with Gasteiger partial charge in [0.05, 0.1) is 12.2 Å². The molecule has 0 aliphatic heterocycles. The van der Waals surface area contributed by atoms with Crippen LogP contribution in [0.4, 0.5) is 0 Å². The fourth-order valence-electron chi connectivity index (χ4n) is 1.97. The van der Waals surface area contributed by atoms with Gasteiger partial charge in [-0.15, -0.1) is 0 Å². The molecule has 19 heavy (non-hydrogen) atoms. The van der Waals surface area contributed by atoms with Gasteiger partial charge >= 0.3 is 0 Å². The van der Waals surface area contributed by atoms with Crippen LogP contribution in [0.3, 0.4) is 0 Å². The molecule has 0 bridgehead atoms. The summed E-state index contributed by atoms with van der Waals surface area (Å²) >= 11 is 0. The van der Waals surface area contributed by atoms with Crippen LogP contribution >= 0.6 is 0 Å². The van der Waals surface area contributed by atoms with E-state index < -0.39 is 6.10 Å². The molecule has 2 N–H and O–H groups in total. The molecule has 0 heterocycles. The predicted octanol–water partition coefficient (Wildman–Crippen LogP) is 2.26. The number of hydrogen-bond donors (Lipinski definition) is 2. The fraction of sp³-hybridized carbons (Fsp3) is 0.600. The first-order valence-electron chi connectivity index (χ1n) is 6.72. The van der Waals surface area contributed by atoms with E-state index in [2.05, 4.69) is 0 Å². The minimum atomic E-state index is -0.423. The molecule has 0 unspecified atom stereocenters. The largest absolute Gasteiger partial charge is 0.396 e. The molecule has 4 heteroatoms. The molecule has 2 atom stereocenters. The zero-order valence-electron chi connectivity index (χ0n) is 11.5. The molecule has 1 aromatic rings. The topological polar surface area (TPSA) is 58.9 Å². The van der Waals surface area contributed by atoms with E-state index in [0.717, 1.165) is 18.4 Å². The van der Waals surface area contributed by atoms with Crippen LogP contribution in [0.1, 0.15) is 37.4 Å². The van der Waals surface area contributed by atoms with Crippen LogP contribution < -0.4 is 0 Å². The molecule has 0 aliphatic rings. The van der Waals surface area contributed by atoms with E-state index in [0.29, 0.717) is 12.8 Å². The summed E-state index contributed by atoms with van der Waals surface area (Å²) in [6.07, 6.45) is 2.19. The molecule has 0 saturated carbocycles. The van der Waals surface area contributed by atoms with E-state index in [9.17, 15) is 5.11 Å². The SMILES string of the molecule is COCO[C@@H](C[C@H](O)CCCCO)c1ccccc1. The molecule has 108 valence electrons. The fourth-order valence-corrected chi connectivity index (χ4v) is 1.97. The summed E-state index contributed by atoms with van der Waals surface area (Å²) in [5.74, 6) is 0. The maximum Gasteiger partial charge on any atom is 0.147 e. The highest BCUT2D eigenvalue weighted by atomic mass is 16.7. The monoisotopic (exact) mass is 268 g/mol. The highest BCUT2D eigenvalue weighted by molar-refractivity contribution is 5.17. The Kier molecular flexibility index (Phi) is 8.41. The Bertz CT molecular complexity index is 315. The van der Waals surface area contributed by atoms with Gasteiger partial charge in [0.15, 0.2) is 0 Å². The summed E-state index contributed by atoms with van der Waals surface area (Å²) < 4.78 is 10.6. The van der Waals surface area contributed by atoms with E-state index in [4.69, 9.17) is 14.6 Å². The number of hydrogen-bond acceptors (Lipinski definition) is 4. The minimum absolute atomic E-state index is 0.162. The van der Waals surface area contributed by atoms with Gasteiger partial charge in [0.25, 0.3) is 0 Å². The van der Waals surface area contributed by atoms with Crippen LogP contribution in [-0.4, -0.2) is 36.8 Å². The smallest absolute Gasteiger partial charge is 0.147 e. The second-order valence-corrected chi connectivity index (χ2v) is 4.58. The Balaban J connectivity index is 2.49. The summed E-state index contributed by atoms with van der Waals surface area (Å²) in [6, 6.07) is 9.84. The Morgan fingerprint density at radius 2 is 1.89 bits per heavy atom. The number of unbranched alkanes of at least 4 members (excludes halogenated alkanes) is 1. The van der Waals surface area contributed by atoms with Crippen molar-refractivity contribution >= 4 is 0 Å². The van der Waals surface area contributed by atoms with Crippen LogP contribution in [0, 0.1) is 0 Å². The van der Waals surface area contributed by atoms with Gasteiger partial charge in [-0.3, -0.25) is 0 Å². The first-order valence-corrected chi connectivity index (χ1v) is 6.72. The van der Waals surface area contributed by atoms with Gasteiger partial charge in [-0.25, -0.2) is 0 Å². The van der Waals surface area contributed by atoms with Crippen LogP contribution in [0.2, 0.25) is 0 Å².